The second kappa shape index (κ2) is 10.5. The predicted octanol–water partition coefficient (Wildman–Crippen LogP) is 3.75. The Hall–Kier alpha value is -1.75. The van der Waals surface area contributed by atoms with Gasteiger partial charge in [-0.25, -0.2) is 13.4 Å². The van der Waals surface area contributed by atoms with Crippen molar-refractivity contribution in [2.24, 2.45) is 0 Å². The maximum Gasteiger partial charge on any atom is 0.260 e. The molecule has 0 aliphatic carbocycles. The Morgan fingerprint density at radius 2 is 1.88 bits per heavy atom. The van der Waals surface area contributed by atoms with Crippen LogP contribution in [-0.2, 0) is 14.6 Å². The third-order valence-corrected chi connectivity index (χ3v) is 7.50. The Morgan fingerprint density at radius 3 is 2.53 bits per heavy atom. The van der Waals surface area contributed by atoms with Crippen molar-refractivity contribution < 1.29 is 17.9 Å². The number of sulfone groups is 1. The van der Waals surface area contributed by atoms with E-state index in [1.165, 1.54) is 11.3 Å². The summed E-state index contributed by atoms with van der Waals surface area (Å²) in [4.78, 5) is 22.0. The molecule has 2 heterocycles. The van der Waals surface area contributed by atoms with E-state index in [0.717, 1.165) is 24.0 Å². The van der Waals surface area contributed by atoms with Crippen molar-refractivity contribution in [3.05, 3.63) is 53.1 Å². The highest BCUT2D eigenvalue weighted by Crippen LogP contribution is 2.33. The Bertz CT molecular complexity index is 1190. The number of halogens is 2. The van der Waals surface area contributed by atoms with E-state index in [-0.39, 0.29) is 23.2 Å². The van der Waals surface area contributed by atoms with Gasteiger partial charge in [0.1, 0.15) is 5.52 Å². The van der Waals surface area contributed by atoms with Crippen molar-refractivity contribution in [3.8, 4) is 0 Å². The number of para-hydroxylation sites is 1. The lowest BCUT2D eigenvalue weighted by atomic mass is 10.2. The lowest BCUT2D eigenvalue weighted by Gasteiger charge is -2.29. The van der Waals surface area contributed by atoms with E-state index in [0.29, 0.717) is 47.5 Å². The molecule has 1 aliphatic rings. The minimum absolute atomic E-state index is 0. The number of aromatic nitrogens is 1. The third kappa shape index (κ3) is 5.59. The molecule has 4 rings (SSSR count). The molecule has 32 heavy (non-hydrogen) atoms. The van der Waals surface area contributed by atoms with E-state index in [2.05, 4.69) is 9.88 Å². The number of anilines is 1. The molecule has 7 nitrogen and oxygen atoms in total. The van der Waals surface area contributed by atoms with Crippen LogP contribution in [0.25, 0.3) is 10.2 Å². The molecule has 0 spiro atoms. The van der Waals surface area contributed by atoms with Gasteiger partial charge in [-0.3, -0.25) is 14.6 Å². The van der Waals surface area contributed by atoms with Gasteiger partial charge in [-0.2, -0.15) is 0 Å². The molecule has 0 atom stereocenters. The van der Waals surface area contributed by atoms with Crippen LogP contribution in [0.4, 0.5) is 5.13 Å². The van der Waals surface area contributed by atoms with Crippen molar-refractivity contribution in [2.45, 2.75) is 4.90 Å². The summed E-state index contributed by atoms with van der Waals surface area (Å²) in [7, 11) is -3.44. The second-order valence-electron chi connectivity index (χ2n) is 7.29. The zero-order valence-electron chi connectivity index (χ0n) is 17.4. The van der Waals surface area contributed by atoms with Crippen LogP contribution in [0.3, 0.4) is 0 Å². The average Bonchev–Trinajstić information content (AvgIpc) is 3.18. The van der Waals surface area contributed by atoms with Gasteiger partial charge < -0.3 is 4.74 Å². The number of thiazole rings is 1. The molecule has 0 N–H and O–H groups in total. The molecule has 172 valence electrons. The molecule has 1 aromatic heterocycles. The number of carbonyl (C=O) groups is 1. The fraction of sp³-hybridized carbons (Fsp3) is 0.333. The lowest BCUT2D eigenvalue weighted by molar-refractivity contribution is 0.0391. The molecular formula is C21H23Cl2N3O4S2. The van der Waals surface area contributed by atoms with Gasteiger partial charge in [0.25, 0.3) is 5.91 Å². The largest absolute Gasteiger partial charge is 0.379 e. The van der Waals surface area contributed by atoms with E-state index >= 15 is 0 Å². The standard InChI is InChI=1S/C21H22ClN3O4S2.ClH/c1-31(27,28)18-4-2-3-17-19(18)23-21(30-17)25(10-9-24-11-13-29-14-12-24)20(26)15-5-7-16(22)8-6-15;/h2-8H,9-14H2,1H3;1H. The zero-order chi connectivity index (χ0) is 22.0. The summed E-state index contributed by atoms with van der Waals surface area (Å²) in [5.41, 5.74) is 0.888. The SMILES string of the molecule is CS(=O)(=O)c1cccc2sc(N(CCN3CCOCC3)C(=O)c3ccc(Cl)cc3)nc12.Cl. The summed E-state index contributed by atoms with van der Waals surface area (Å²) < 4.78 is 30.5. The van der Waals surface area contributed by atoms with E-state index in [4.69, 9.17) is 16.3 Å². The van der Waals surface area contributed by atoms with Crippen LogP contribution in [-0.4, -0.2) is 69.9 Å². The number of ether oxygens (including phenoxy) is 1. The molecule has 1 amide bonds. The molecular weight excluding hydrogens is 493 g/mol. The number of rotatable bonds is 6. The highest BCUT2D eigenvalue weighted by atomic mass is 35.5. The highest BCUT2D eigenvalue weighted by Gasteiger charge is 2.24. The summed E-state index contributed by atoms with van der Waals surface area (Å²) >= 11 is 7.29. The first kappa shape index (κ1) is 24.9. The molecule has 1 saturated heterocycles. The molecule has 0 radical (unpaired) electrons. The number of hydrogen-bond acceptors (Lipinski definition) is 7. The fourth-order valence-corrected chi connectivity index (χ4v) is 5.46. The summed E-state index contributed by atoms with van der Waals surface area (Å²) in [6, 6.07) is 11.8. The van der Waals surface area contributed by atoms with Gasteiger partial charge in [0.15, 0.2) is 15.0 Å². The van der Waals surface area contributed by atoms with E-state index in [1.54, 1.807) is 41.3 Å². The number of carbonyl (C=O) groups excluding carboxylic acids is 1. The van der Waals surface area contributed by atoms with E-state index in [9.17, 15) is 13.2 Å². The molecule has 11 heteroatoms. The monoisotopic (exact) mass is 515 g/mol. The fourth-order valence-electron chi connectivity index (χ4n) is 3.42. The minimum atomic E-state index is -3.44. The van der Waals surface area contributed by atoms with Gasteiger partial charge in [-0.05, 0) is 36.4 Å². The first-order valence-corrected chi connectivity index (χ1v) is 12.9. The number of fused-ring (bicyclic) bond motifs is 1. The Kier molecular flexibility index (Phi) is 8.13. The van der Waals surface area contributed by atoms with Crippen LogP contribution < -0.4 is 4.90 Å². The second-order valence-corrected chi connectivity index (χ2v) is 10.7. The zero-order valence-corrected chi connectivity index (χ0v) is 20.6. The highest BCUT2D eigenvalue weighted by molar-refractivity contribution is 7.91. The van der Waals surface area contributed by atoms with Gasteiger partial charge in [0.2, 0.25) is 0 Å². The average molecular weight is 516 g/mol. The Labute approximate surface area is 202 Å². The Balaban J connectivity index is 0.00000289. The van der Waals surface area contributed by atoms with Crippen LogP contribution in [0, 0.1) is 0 Å². The number of morpholine rings is 1. The molecule has 0 saturated carbocycles. The number of amides is 1. The molecule has 3 aromatic rings. The van der Waals surface area contributed by atoms with Crippen molar-refractivity contribution in [1.29, 1.82) is 0 Å². The van der Waals surface area contributed by atoms with Crippen molar-refractivity contribution >= 4 is 66.4 Å². The quantitative estimate of drug-likeness (QED) is 0.497. The minimum Gasteiger partial charge on any atom is -0.379 e. The van der Waals surface area contributed by atoms with Crippen molar-refractivity contribution in [1.82, 2.24) is 9.88 Å². The topological polar surface area (TPSA) is 79.8 Å². The molecule has 0 unspecified atom stereocenters. The summed E-state index contributed by atoms with van der Waals surface area (Å²) in [6.07, 6.45) is 1.16. The van der Waals surface area contributed by atoms with Crippen molar-refractivity contribution in [2.75, 3.05) is 50.5 Å². The maximum atomic E-state index is 13.4. The molecule has 2 aromatic carbocycles. The van der Waals surface area contributed by atoms with Gasteiger partial charge >= 0.3 is 0 Å². The third-order valence-electron chi connectivity index (χ3n) is 5.08. The van der Waals surface area contributed by atoms with Crippen LogP contribution in [0.1, 0.15) is 10.4 Å². The summed E-state index contributed by atoms with van der Waals surface area (Å²) in [5.74, 6) is -0.204. The van der Waals surface area contributed by atoms with Crippen LogP contribution in [0.5, 0.6) is 0 Å². The van der Waals surface area contributed by atoms with Crippen molar-refractivity contribution in [3.63, 3.8) is 0 Å². The number of nitrogens with zero attached hydrogens (tertiary/aromatic N) is 3. The van der Waals surface area contributed by atoms with Gasteiger partial charge in [-0.15, -0.1) is 12.4 Å². The normalized spacial score (nSPS) is 14.8. The smallest absolute Gasteiger partial charge is 0.260 e. The van der Waals surface area contributed by atoms with Crippen LogP contribution in [0.2, 0.25) is 5.02 Å². The van der Waals surface area contributed by atoms with Gasteiger partial charge in [0.05, 0.1) is 22.8 Å². The van der Waals surface area contributed by atoms with E-state index < -0.39 is 9.84 Å². The predicted molar refractivity (Wildman–Crippen MR) is 130 cm³/mol. The molecule has 1 aliphatic heterocycles. The van der Waals surface area contributed by atoms with Gasteiger partial charge in [-0.1, -0.05) is 29.0 Å². The Morgan fingerprint density at radius 1 is 1.19 bits per heavy atom. The van der Waals surface area contributed by atoms with Gasteiger partial charge in [0, 0.05) is 43.0 Å². The lowest BCUT2D eigenvalue weighted by Crippen LogP contribution is -2.43. The van der Waals surface area contributed by atoms with Crippen LogP contribution in [0.15, 0.2) is 47.4 Å². The first-order chi connectivity index (χ1) is 14.8. The molecule has 0 bridgehead atoms. The molecule has 1 fully saturated rings. The number of hydrogen-bond donors (Lipinski definition) is 0. The summed E-state index contributed by atoms with van der Waals surface area (Å²) in [5, 5.41) is 1.02. The first-order valence-electron chi connectivity index (χ1n) is 9.80. The van der Waals surface area contributed by atoms with E-state index in [1.807, 2.05) is 6.07 Å². The summed E-state index contributed by atoms with van der Waals surface area (Å²) in [6.45, 7) is 4.04. The van der Waals surface area contributed by atoms with Crippen LogP contribution >= 0.6 is 35.3 Å². The maximum absolute atomic E-state index is 13.4. The number of benzene rings is 2.